The molecule has 0 fully saturated rings. The van der Waals surface area contributed by atoms with E-state index in [0.717, 1.165) is 11.3 Å². The number of carbonyl (C=O) groups excluding carboxylic acids is 1. The van der Waals surface area contributed by atoms with Crippen molar-refractivity contribution in [1.29, 1.82) is 0 Å². The SMILES string of the molecule is CC(C)C(C)(CN)NC(=O)c1cc(-c2ccccc2)n[nH]1. The third-order valence-electron chi connectivity index (χ3n) is 3.99. The van der Waals surface area contributed by atoms with Crippen LogP contribution in [-0.4, -0.2) is 28.2 Å². The van der Waals surface area contributed by atoms with Gasteiger partial charge in [-0.2, -0.15) is 5.10 Å². The van der Waals surface area contributed by atoms with Crippen molar-refractivity contribution in [3.8, 4) is 11.3 Å². The van der Waals surface area contributed by atoms with Crippen LogP contribution in [0.15, 0.2) is 36.4 Å². The van der Waals surface area contributed by atoms with Gasteiger partial charge in [0.05, 0.1) is 11.2 Å². The molecule has 1 amide bonds. The Labute approximate surface area is 124 Å². The summed E-state index contributed by atoms with van der Waals surface area (Å²) >= 11 is 0. The van der Waals surface area contributed by atoms with Crippen molar-refractivity contribution in [3.05, 3.63) is 42.1 Å². The standard InChI is InChI=1S/C16H22N4O/c1-11(2)16(3,10-17)18-15(21)14-9-13(19-20-14)12-7-5-4-6-8-12/h4-9,11H,10,17H2,1-3H3,(H,18,21)(H,19,20). The van der Waals surface area contributed by atoms with Crippen molar-refractivity contribution in [3.63, 3.8) is 0 Å². The number of rotatable bonds is 5. The van der Waals surface area contributed by atoms with Gasteiger partial charge in [-0.1, -0.05) is 44.2 Å². The molecule has 112 valence electrons. The third kappa shape index (κ3) is 3.31. The first kappa shape index (κ1) is 15.3. The van der Waals surface area contributed by atoms with E-state index >= 15 is 0 Å². The summed E-state index contributed by atoms with van der Waals surface area (Å²) in [5, 5.41) is 9.97. The number of carbonyl (C=O) groups is 1. The lowest BCUT2D eigenvalue weighted by Gasteiger charge is -2.33. The number of H-pyrrole nitrogens is 1. The average Bonchev–Trinajstić information content (AvgIpc) is 2.97. The first-order valence-corrected chi connectivity index (χ1v) is 7.09. The average molecular weight is 286 g/mol. The van der Waals surface area contributed by atoms with Crippen LogP contribution in [0.2, 0.25) is 0 Å². The first-order valence-electron chi connectivity index (χ1n) is 7.09. The van der Waals surface area contributed by atoms with Crippen LogP contribution in [-0.2, 0) is 0 Å². The monoisotopic (exact) mass is 286 g/mol. The van der Waals surface area contributed by atoms with Gasteiger partial charge in [0.25, 0.3) is 5.91 Å². The second-order valence-electron chi connectivity index (χ2n) is 5.76. The van der Waals surface area contributed by atoms with Gasteiger partial charge in [-0.3, -0.25) is 9.89 Å². The lowest BCUT2D eigenvalue weighted by molar-refractivity contribution is 0.0878. The van der Waals surface area contributed by atoms with Crippen molar-refractivity contribution >= 4 is 5.91 Å². The number of amides is 1. The molecule has 0 spiro atoms. The predicted octanol–water partition coefficient (Wildman–Crippen LogP) is 2.18. The number of hydrogen-bond acceptors (Lipinski definition) is 3. The first-order chi connectivity index (χ1) is 9.96. The van der Waals surface area contributed by atoms with E-state index in [2.05, 4.69) is 15.5 Å². The topological polar surface area (TPSA) is 83.8 Å². The highest BCUT2D eigenvalue weighted by Crippen LogP contribution is 2.19. The minimum absolute atomic E-state index is 0.189. The quantitative estimate of drug-likeness (QED) is 0.787. The smallest absolute Gasteiger partial charge is 0.269 e. The fraction of sp³-hybridized carbons (Fsp3) is 0.375. The van der Waals surface area contributed by atoms with E-state index in [1.807, 2.05) is 51.1 Å². The molecule has 0 bridgehead atoms. The van der Waals surface area contributed by atoms with Gasteiger partial charge in [0.1, 0.15) is 5.69 Å². The molecule has 0 aliphatic heterocycles. The Hall–Kier alpha value is -2.14. The number of aromatic nitrogens is 2. The molecule has 5 heteroatoms. The predicted molar refractivity (Wildman–Crippen MR) is 83.8 cm³/mol. The van der Waals surface area contributed by atoms with Crippen LogP contribution in [0.5, 0.6) is 0 Å². The third-order valence-corrected chi connectivity index (χ3v) is 3.99. The molecule has 0 aliphatic carbocycles. The van der Waals surface area contributed by atoms with E-state index < -0.39 is 5.54 Å². The molecule has 0 radical (unpaired) electrons. The van der Waals surface area contributed by atoms with Crippen molar-refractivity contribution in [1.82, 2.24) is 15.5 Å². The summed E-state index contributed by atoms with van der Waals surface area (Å²) in [5.74, 6) is 0.0503. The Bertz CT molecular complexity index is 606. The maximum absolute atomic E-state index is 12.3. The van der Waals surface area contributed by atoms with Crippen LogP contribution < -0.4 is 11.1 Å². The Kier molecular flexibility index (Phi) is 4.43. The zero-order valence-electron chi connectivity index (χ0n) is 12.7. The van der Waals surface area contributed by atoms with Crippen molar-refractivity contribution in [2.45, 2.75) is 26.3 Å². The number of aromatic amines is 1. The Morgan fingerprint density at radius 2 is 2.05 bits per heavy atom. The number of benzene rings is 1. The molecule has 21 heavy (non-hydrogen) atoms. The molecule has 2 aromatic rings. The summed E-state index contributed by atoms with van der Waals surface area (Å²) in [7, 11) is 0. The molecule has 5 nitrogen and oxygen atoms in total. The molecule has 0 saturated heterocycles. The maximum atomic E-state index is 12.3. The zero-order chi connectivity index (χ0) is 15.5. The normalized spacial score (nSPS) is 14.0. The van der Waals surface area contributed by atoms with Gasteiger partial charge in [0.2, 0.25) is 0 Å². The van der Waals surface area contributed by atoms with E-state index in [-0.39, 0.29) is 11.8 Å². The largest absolute Gasteiger partial charge is 0.344 e. The summed E-state index contributed by atoms with van der Waals surface area (Å²) in [5.41, 5.74) is 7.51. The highest BCUT2D eigenvalue weighted by Gasteiger charge is 2.29. The van der Waals surface area contributed by atoms with E-state index in [1.54, 1.807) is 6.07 Å². The van der Waals surface area contributed by atoms with Gasteiger partial charge in [-0.15, -0.1) is 0 Å². The zero-order valence-corrected chi connectivity index (χ0v) is 12.7. The Morgan fingerprint density at radius 3 is 2.62 bits per heavy atom. The number of nitrogens with zero attached hydrogens (tertiary/aromatic N) is 1. The molecule has 1 unspecified atom stereocenters. The van der Waals surface area contributed by atoms with Gasteiger partial charge in [-0.05, 0) is 18.9 Å². The van der Waals surface area contributed by atoms with Gasteiger partial charge < -0.3 is 11.1 Å². The summed E-state index contributed by atoms with van der Waals surface area (Å²) in [6, 6.07) is 11.5. The minimum Gasteiger partial charge on any atom is -0.344 e. The van der Waals surface area contributed by atoms with Crippen LogP contribution in [0, 0.1) is 5.92 Å². The summed E-state index contributed by atoms with van der Waals surface area (Å²) in [4.78, 5) is 12.3. The Balaban J connectivity index is 2.16. The summed E-state index contributed by atoms with van der Waals surface area (Å²) in [6.45, 7) is 6.41. The van der Waals surface area contributed by atoms with E-state index in [0.29, 0.717) is 12.2 Å². The van der Waals surface area contributed by atoms with Crippen molar-refractivity contribution in [2.24, 2.45) is 11.7 Å². The van der Waals surface area contributed by atoms with Crippen LogP contribution in [0.25, 0.3) is 11.3 Å². The van der Waals surface area contributed by atoms with E-state index in [9.17, 15) is 4.79 Å². The van der Waals surface area contributed by atoms with Crippen LogP contribution in [0.3, 0.4) is 0 Å². The second-order valence-corrected chi connectivity index (χ2v) is 5.76. The molecule has 1 aromatic carbocycles. The lowest BCUT2D eigenvalue weighted by atomic mass is 9.88. The lowest BCUT2D eigenvalue weighted by Crippen LogP contribution is -2.55. The van der Waals surface area contributed by atoms with Crippen LogP contribution in [0.4, 0.5) is 0 Å². The van der Waals surface area contributed by atoms with Crippen LogP contribution in [0.1, 0.15) is 31.3 Å². The van der Waals surface area contributed by atoms with Gasteiger partial charge >= 0.3 is 0 Å². The van der Waals surface area contributed by atoms with Gasteiger partial charge in [0.15, 0.2) is 0 Å². The van der Waals surface area contributed by atoms with Crippen molar-refractivity contribution in [2.75, 3.05) is 6.54 Å². The summed E-state index contributed by atoms with van der Waals surface area (Å²) < 4.78 is 0. The highest BCUT2D eigenvalue weighted by molar-refractivity contribution is 5.93. The molecular formula is C16H22N4O. The maximum Gasteiger partial charge on any atom is 0.269 e. The molecular weight excluding hydrogens is 264 g/mol. The Morgan fingerprint density at radius 1 is 1.38 bits per heavy atom. The summed E-state index contributed by atoms with van der Waals surface area (Å²) in [6.07, 6.45) is 0. The molecule has 0 saturated carbocycles. The fourth-order valence-corrected chi connectivity index (χ4v) is 1.95. The molecule has 0 aliphatic rings. The molecule has 1 aromatic heterocycles. The second kappa shape index (κ2) is 6.10. The molecule has 1 heterocycles. The van der Waals surface area contributed by atoms with E-state index in [4.69, 9.17) is 5.73 Å². The van der Waals surface area contributed by atoms with Gasteiger partial charge in [-0.25, -0.2) is 0 Å². The van der Waals surface area contributed by atoms with Gasteiger partial charge in [0, 0.05) is 12.1 Å². The van der Waals surface area contributed by atoms with E-state index in [1.165, 1.54) is 0 Å². The molecule has 4 N–H and O–H groups in total. The molecule has 2 rings (SSSR count). The number of hydrogen-bond donors (Lipinski definition) is 3. The molecule has 1 atom stereocenters. The number of nitrogens with one attached hydrogen (secondary N) is 2. The number of nitrogens with two attached hydrogens (primary N) is 1. The fourth-order valence-electron chi connectivity index (χ4n) is 1.95. The minimum atomic E-state index is -0.435. The highest BCUT2D eigenvalue weighted by atomic mass is 16.2. The van der Waals surface area contributed by atoms with Crippen molar-refractivity contribution < 1.29 is 4.79 Å². The van der Waals surface area contributed by atoms with Crippen LogP contribution >= 0.6 is 0 Å².